The first-order chi connectivity index (χ1) is 13.9. The number of hydrogen-bond donors (Lipinski definition) is 1. The summed E-state index contributed by atoms with van der Waals surface area (Å²) < 4.78 is 32.3. The van der Waals surface area contributed by atoms with Gasteiger partial charge < -0.3 is 10.1 Å². The van der Waals surface area contributed by atoms with E-state index in [2.05, 4.69) is 5.32 Å². The maximum Gasteiger partial charge on any atom is 0.475 e. The van der Waals surface area contributed by atoms with Crippen molar-refractivity contribution in [3.05, 3.63) is 65.7 Å². The van der Waals surface area contributed by atoms with Crippen LogP contribution in [0.4, 0.5) is 5.69 Å². The average molecular weight is 421 g/mol. The Morgan fingerprint density at radius 1 is 1.00 bits per heavy atom. The SMILES string of the molecule is CCOC(=O)c1ccc(NC(=O)C(Cc2ccccc2)OP(=O)(OC)OC)cc1. The largest absolute Gasteiger partial charge is 0.475 e. The van der Waals surface area contributed by atoms with Crippen LogP contribution in [0.15, 0.2) is 54.6 Å². The van der Waals surface area contributed by atoms with E-state index < -0.39 is 25.8 Å². The van der Waals surface area contributed by atoms with Crippen LogP contribution >= 0.6 is 7.82 Å². The van der Waals surface area contributed by atoms with Gasteiger partial charge in [0.15, 0.2) is 6.10 Å². The van der Waals surface area contributed by atoms with Crippen LogP contribution in [0.1, 0.15) is 22.8 Å². The molecule has 1 unspecified atom stereocenters. The van der Waals surface area contributed by atoms with E-state index in [9.17, 15) is 14.2 Å². The number of carbonyl (C=O) groups excluding carboxylic acids is 2. The number of carbonyl (C=O) groups is 2. The van der Waals surface area contributed by atoms with Crippen molar-refractivity contribution in [1.82, 2.24) is 0 Å². The summed E-state index contributed by atoms with van der Waals surface area (Å²) in [5, 5.41) is 2.68. The molecule has 0 aliphatic rings. The summed E-state index contributed by atoms with van der Waals surface area (Å²) in [6.07, 6.45) is -0.975. The Balaban J connectivity index is 2.15. The molecule has 9 heteroatoms. The van der Waals surface area contributed by atoms with E-state index >= 15 is 0 Å². The number of ether oxygens (including phenoxy) is 1. The number of amides is 1. The zero-order chi connectivity index (χ0) is 21.3. The number of benzene rings is 2. The molecule has 0 bridgehead atoms. The van der Waals surface area contributed by atoms with Gasteiger partial charge in [-0.15, -0.1) is 0 Å². The molecular formula is C20H24NO7P. The van der Waals surface area contributed by atoms with Crippen LogP contribution in [0, 0.1) is 0 Å². The van der Waals surface area contributed by atoms with Crippen molar-refractivity contribution in [3.8, 4) is 0 Å². The minimum Gasteiger partial charge on any atom is -0.462 e. The predicted molar refractivity (Wildman–Crippen MR) is 108 cm³/mol. The highest BCUT2D eigenvalue weighted by molar-refractivity contribution is 7.48. The van der Waals surface area contributed by atoms with Gasteiger partial charge in [0.05, 0.1) is 12.2 Å². The number of phosphoric acid groups is 1. The molecule has 0 saturated heterocycles. The Bertz CT molecular complexity index is 847. The summed E-state index contributed by atoms with van der Waals surface area (Å²) in [6, 6.07) is 15.3. The molecule has 0 aliphatic carbocycles. The summed E-state index contributed by atoms with van der Waals surface area (Å²) in [5.41, 5.74) is 1.61. The van der Waals surface area contributed by atoms with Crippen LogP contribution in [0.5, 0.6) is 0 Å². The molecule has 2 rings (SSSR count). The molecular weight excluding hydrogens is 397 g/mol. The molecule has 1 N–H and O–H groups in total. The number of nitrogens with one attached hydrogen (secondary N) is 1. The summed E-state index contributed by atoms with van der Waals surface area (Å²) in [4.78, 5) is 24.5. The van der Waals surface area contributed by atoms with Crippen LogP contribution in [-0.2, 0) is 34.1 Å². The fraction of sp³-hybridized carbons (Fsp3) is 0.300. The lowest BCUT2D eigenvalue weighted by atomic mass is 10.1. The predicted octanol–water partition coefficient (Wildman–Crippen LogP) is 3.83. The molecule has 0 aromatic heterocycles. The van der Waals surface area contributed by atoms with Crippen LogP contribution in [0.25, 0.3) is 0 Å². The number of rotatable bonds is 10. The first-order valence-corrected chi connectivity index (χ1v) is 10.4. The van der Waals surface area contributed by atoms with Crippen molar-refractivity contribution in [3.63, 3.8) is 0 Å². The van der Waals surface area contributed by atoms with E-state index in [1.807, 2.05) is 30.3 Å². The molecule has 2 aromatic carbocycles. The molecule has 2 aromatic rings. The quantitative estimate of drug-likeness (QED) is 0.460. The van der Waals surface area contributed by atoms with Crippen LogP contribution in [0.2, 0.25) is 0 Å². The Labute approximate surface area is 169 Å². The van der Waals surface area contributed by atoms with Gasteiger partial charge in [0, 0.05) is 26.3 Å². The van der Waals surface area contributed by atoms with E-state index in [0.29, 0.717) is 11.3 Å². The zero-order valence-electron chi connectivity index (χ0n) is 16.5. The normalized spacial score (nSPS) is 12.2. The lowest BCUT2D eigenvalue weighted by molar-refractivity contribution is -0.123. The Kier molecular flexibility index (Phi) is 8.54. The topological polar surface area (TPSA) is 100 Å². The van der Waals surface area contributed by atoms with Crippen LogP contribution in [0.3, 0.4) is 0 Å². The molecule has 0 aliphatic heterocycles. The highest BCUT2D eigenvalue weighted by atomic mass is 31.2. The van der Waals surface area contributed by atoms with Crippen molar-refractivity contribution >= 4 is 25.4 Å². The third-order valence-electron chi connectivity index (χ3n) is 3.92. The first-order valence-electron chi connectivity index (χ1n) is 8.92. The molecule has 1 amide bonds. The van der Waals surface area contributed by atoms with E-state index in [1.54, 1.807) is 19.1 Å². The summed E-state index contributed by atoms with van der Waals surface area (Å²) in [5.74, 6) is -0.983. The van der Waals surface area contributed by atoms with E-state index in [0.717, 1.165) is 5.56 Å². The molecule has 0 fully saturated rings. The summed E-state index contributed by atoms with van der Waals surface area (Å²) in [6.45, 7) is 1.99. The standard InChI is InChI=1S/C20H24NO7P/c1-4-27-20(23)16-10-12-17(13-11-16)21-19(22)18(28-29(24,25-2)26-3)14-15-8-6-5-7-9-15/h5-13,18H,4,14H2,1-3H3,(H,21,22). The maximum atomic E-state index is 12.8. The molecule has 8 nitrogen and oxygen atoms in total. The van der Waals surface area contributed by atoms with Crippen LogP contribution in [-0.4, -0.2) is 38.8 Å². The second-order valence-corrected chi connectivity index (χ2v) is 7.72. The number of phosphoric ester groups is 1. The van der Waals surface area contributed by atoms with Crippen molar-refractivity contribution in [2.24, 2.45) is 0 Å². The first kappa shape index (κ1) is 22.8. The minimum absolute atomic E-state index is 0.157. The van der Waals surface area contributed by atoms with Gasteiger partial charge >= 0.3 is 13.8 Å². The van der Waals surface area contributed by atoms with Gasteiger partial charge in [-0.25, -0.2) is 9.36 Å². The molecule has 0 heterocycles. The van der Waals surface area contributed by atoms with Gasteiger partial charge in [-0.05, 0) is 36.8 Å². The highest BCUT2D eigenvalue weighted by Gasteiger charge is 2.32. The Morgan fingerprint density at radius 3 is 2.17 bits per heavy atom. The molecule has 156 valence electrons. The molecule has 0 saturated carbocycles. The molecule has 0 spiro atoms. The third-order valence-corrected chi connectivity index (χ3v) is 5.33. The van der Waals surface area contributed by atoms with Crippen molar-refractivity contribution in [1.29, 1.82) is 0 Å². The molecule has 1 atom stereocenters. The second-order valence-electron chi connectivity index (χ2n) is 5.88. The second kappa shape index (κ2) is 10.9. The van der Waals surface area contributed by atoms with Crippen molar-refractivity contribution < 1.29 is 32.5 Å². The lowest BCUT2D eigenvalue weighted by Gasteiger charge is -2.21. The van der Waals surface area contributed by atoms with Gasteiger partial charge in [-0.1, -0.05) is 30.3 Å². The van der Waals surface area contributed by atoms with E-state index in [-0.39, 0.29) is 13.0 Å². The van der Waals surface area contributed by atoms with Crippen LogP contribution < -0.4 is 5.32 Å². The van der Waals surface area contributed by atoms with Gasteiger partial charge in [0.1, 0.15) is 0 Å². The summed E-state index contributed by atoms with van der Waals surface area (Å²) in [7, 11) is -1.53. The Hall–Kier alpha value is -2.51. The van der Waals surface area contributed by atoms with Crippen molar-refractivity contribution in [2.45, 2.75) is 19.4 Å². The monoisotopic (exact) mass is 421 g/mol. The van der Waals surface area contributed by atoms with Gasteiger partial charge in [0.25, 0.3) is 5.91 Å². The Morgan fingerprint density at radius 2 is 1.62 bits per heavy atom. The van der Waals surface area contributed by atoms with E-state index in [4.69, 9.17) is 18.3 Å². The van der Waals surface area contributed by atoms with Gasteiger partial charge in [-0.2, -0.15) is 0 Å². The van der Waals surface area contributed by atoms with Gasteiger partial charge in [-0.3, -0.25) is 18.4 Å². The fourth-order valence-corrected chi connectivity index (χ4v) is 3.25. The third kappa shape index (κ3) is 6.80. The average Bonchev–Trinajstić information content (AvgIpc) is 2.74. The van der Waals surface area contributed by atoms with Gasteiger partial charge in [0.2, 0.25) is 0 Å². The minimum atomic E-state index is -3.88. The fourth-order valence-electron chi connectivity index (χ4n) is 2.45. The highest BCUT2D eigenvalue weighted by Crippen LogP contribution is 2.49. The molecule has 0 radical (unpaired) electrons. The maximum absolute atomic E-state index is 12.8. The number of hydrogen-bond acceptors (Lipinski definition) is 7. The smallest absolute Gasteiger partial charge is 0.462 e. The summed E-state index contributed by atoms with van der Waals surface area (Å²) >= 11 is 0. The zero-order valence-corrected chi connectivity index (χ0v) is 17.4. The van der Waals surface area contributed by atoms with E-state index in [1.165, 1.54) is 26.4 Å². The molecule has 29 heavy (non-hydrogen) atoms. The van der Waals surface area contributed by atoms with Crippen molar-refractivity contribution in [2.75, 3.05) is 26.1 Å². The lowest BCUT2D eigenvalue weighted by Crippen LogP contribution is -2.32. The number of anilines is 1. The number of esters is 1.